The molecular weight excluding hydrogens is 148 g/mol. The van der Waals surface area contributed by atoms with Gasteiger partial charge >= 0.3 is 0 Å². The monoisotopic (exact) mass is 170 g/mol. The molecule has 0 radical (unpaired) electrons. The van der Waals surface area contributed by atoms with Gasteiger partial charge in [-0.25, -0.2) is 0 Å². The van der Waals surface area contributed by atoms with E-state index in [2.05, 4.69) is 19.2 Å². The summed E-state index contributed by atoms with van der Waals surface area (Å²) in [7, 11) is 0. The minimum atomic E-state index is 0.106. The normalized spacial score (nSPS) is 35.8. The van der Waals surface area contributed by atoms with E-state index in [0.29, 0.717) is 0 Å². The third kappa shape index (κ3) is 2.76. The predicted molar refractivity (Wildman–Crippen MR) is 53.1 cm³/mol. The summed E-state index contributed by atoms with van der Waals surface area (Å²) in [5.41, 5.74) is 6.33. The highest BCUT2D eigenvalue weighted by molar-refractivity contribution is 4.93. The molecule has 2 unspecified atom stereocenters. The van der Waals surface area contributed by atoms with Crippen LogP contribution in [-0.4, -0.2) is 18.6 Å². The number of nitrogens with two attached hydrogens (primary N) is 1. The third-order valence-electron chi connectivity index (χ3n) is 2.79. The van der Waals surface area contributed by atoms with E-state index in [1.807, 2.05) is 0 Å². The van der Waals surface area contributed by atoms with Gasteiger partial charge in [-0.3, -0.25) is 0 Å². The third-order valence-corrected chi connectivity index (χ3v) is 2.79. The van der Waals surface area contributed by atoms with Crippen LogP contribution in [0, 0.1) is 5.92 Å². The van der Waals surface area contributed by atoms with Gasteiger partial charge in [-0.2, -0.15) is 0 Å². The fraction of sp³-hybridized carbons (Fsp3) is 1.00. The smallest absolute Gasteiger partial charge is 0.0283 e. The van der Waals surface area contributed by atoms with Crippen molar-refractivity contribution in [1.82, 2.24) is 5.32 Å². The Morgan fingerprint density at radius 1 is 1.58 bits per heavy atom. The molecular formula is C10H22N2. The molecule has 1 saturated carbocycles. The maximum atomic E-state index is 6.23. The predicted octanol–water partition coefficient (Wildman–Crippen LogP) is 1.50. The topological polar surface area (TPSA) is 38.0 Å². The molecule has 1 fully saturated rings. The van der Waals surface area contributed by atoms with E-state index in [9.17, 15) is 0 Å². The fourth-order valence-electron chi connectivity index (χ4n) is 2.11. The first-order valence-electron chi connectivity index (χ1n) is 5.16. The highest BCUT2D eigenvalue weighted by atomic mass is 14.9. The molecule has 0 aromatic heterocycles. The van der Waals surface area contributed by atoms with Crippen LogP contribution in [0.4, 0.5) is 0 Å². The molecule has 2 nitrogen and oxygen atoms in total. The second-order valence-electron chi connectivity index (χ2n) is 4.39. The fourth-order valence-corrected chi connectivity index (χ4v) is 2.11. The quantitative estimate of drug-likeness (QED) is 0.628. The van der Waals surface area contributed by atoms with Crippen LogP contribution in [0.2, 0.25) is 0 Å². The van der Waals surface area contributed by atoms with Crippen molar-refractivity contribution in [2.45, 2.75) is 45.1 Å². The molecule has 0 bridgehead atoms. The number of rotatable bonds is 4. The summed E-state index contributed by atoms with van der Waals surface area (Å²) in [5, 5.41) is 3.41. The van der Waals surface area contributed by atoms with E-state index in [4.69, 9.17) is 5.73 Å². The second kappa shape index (κ2) is 4.24. The molecule has 72 valence electrons. The Kier molecular flexibility index (Phi) is 3.53. The zero-order valence-electron chi connectivity index (χ0n) is 8.40. The summed E-state index contributed by atoms with van der Waals surface area (Å²) in [6.07, 6.45) is 4.91. The van der Waals surface area contributed by atoms with Crippen molar-refractivity contribution < 1.29 is 0 Å². The summed E-state index contributed by atoms with van der Waals surface area (Å²) in [5.74, 6) is 0.832. The Bertz CT molecular complexity index is 136. The Morgan fingerprint density at radius 3 is 2.83 bits per heavy atom. The maximum absolute atomic E-state index is 6.23. The van der Waals surface area contributed by atoms with E-state index >= 15 is 0 Å². The van der Waals surface area contributed by atoms with Crippen molar-refractivity contribution in [2.75, 3.05) is 13.1 Å². The molecule has 12 heavy (non-hydrogen) atoms. The molecule has 1 rings (SSSR count). The molecule has 0 saturated heterocycles. The molecule has 0 aromatic carbocycles. The number of hydrogen-bond acceptors (Lipinski definition) is 2. The number of nitrogens with one attached hydrogen (secondary N) is 1. The highest BCUT2D eigenvalue weighted by Gasteiger charge is 2.32. The van der Waals surface area contributed by atoms with Crippen LogP contribution in [0.3, 0.4) is 0 Å². The van der Waals surface area contributed by atoms with Crippen LogP contribution in [0.1, 0.15) is 39.5 Å². The van der Waals surface area contributed by atoms with Gasteiger partial charge in [-0.15, -0.1) is 0 Å². The van der Waals surface area contributed by atoms with Crippen LogP contribution in [0.15, 0.2) is 0 Å². The second-order valence-corrected chi connectivity index (χ2v) is 4.39. The summed E-state index contributed by atoms with van der Waals surface area (Å²) < 4.78 is 0. The van der Waals surface area contributed by atoms with Gasteiger partial charge in [0.25, 0.3) is 0 Å². The average molecular weight is 170 g/mol. The van der Waals surface area contributed by atoms with Crippen molar-refractivity contribution >= 4 is 0 Å². The SMILES string of the molecule is CCCNCC1(N)CCC(C)C1. The summed E-state index contributed by atoms with van der Waals surface area (Å²) in [6, 6.07) is 0. The van der Waals surface area contributed by atoms with Crippen LogP contribution in [0.5, 0.6) is 0 Å². The van der Waals surface area contributed by atoms with Crippen LogP contribution in [-0.2, 0) is 0 Å². The first-order chi connectivity index (χ1) is 5.66. The molecule has 1 aliphatic carbocycles. The van der Waals surface area contributed by atoms with Crippen LogP contribution in [0.25, 0.3) is 0 Å². The highest BCUT2D eigenvalue weighted by Crippen LogP contribution is 2.31. The molecule has 0 aromatic rings. The molecule has 2 heteroatoms. The molecule has 0 heterocycles. The van der Waals surface area contributed by atoms with Crippen molar-refractivity contribution in [3.05, 3.63) is 0 Å². The molecule has 0 spiro atoms. The van der Waals surface area contributed by atoms with Gasteiger partial charge in [0.05, 0.1) is 0 Å². The van der Waals surface area contributed by atoms with Crippen molar-refractivity contribution in [3.8, 4) is 0 Å². The lowest BCUT2D eigenvalue weighted by atomic mass is 9.98. The van der Waals surface area contributed by atoms with E-state index in [0.717, 1.165) is 19.0 Å². The molecule has 0 amide bonds. The van der Waals surface area contributed by atoms with E-state index < -0.39 is 0 Å². The lowest BCUT2D eigenvalue weighted by molar-refractivity contribution is 0.393. The Balaban J connectivity index is 2.21. The van der Waals surface area contributed by atoms with Crippen molar-refractivity contribution in [1.29, 1.82) is 0 Å². The van der Waals surface area contributed by atoms with Gasteiger partial charge in [0.2, 0.25) is 0 Å². The molecule has 3 N–H and O–H groups in total. The Morgan fingerprint density at radius 2 is 2.33 bits per heavy atom. The molecule has 1 aliphatic rings. The molecule has 0 aliphatic heterocycles. The van der Waals surface area contributed by atoms with E-state index in [1.54, 1.807) is 0 Å². The number of hydrogen-bond donors (Lipinski definition) is 2. The first kappa shape index (κ1) is 10.0. The van der Waals surface area contributed by atoms with Gasteiger partial charge < -0.3 is 11.1 Å². The van der Waals surface area contributed by atoms with Crippen LogP contribution >= 0.6 is 0 Å². The summed E-state index contributed by atoms with van der Waals surface area (Å²) >= 11 is 0. The zero-order chi connectivity index (χ0) is 9.03. The minimum Gasteiger partial charge on any atom is -0.324 e. The van der Waals surface area contributed by atoms with E-state index in [-0.39, 0.29) is 5.54 Å². The van der Waals surface area contributed by atoms with Gasteiger partial charge in [0.1, 0.15) is 0 Å². The van der Waals surface area contributed by atoms with Gasteiger partial charge in [-0.05, 0) is 38.1 Å². The molecule has 2 atom stereocenters. The Hall–Kier alpha value is -0.0800. The zero-order valence-corrected chi connectivity index (χ0v) is 8.40. The Labute approximate surface area is 75.9 Å². The van der Waals surface area contributed by atoms with Crippen LogP contribution < -0.4 is 11.1 Å². The maximum Gasteiger partial charge on any atom is 0.0283 e. The lowest BCUT2D eigenvalue weighted by Crippen LogP contribution is -2.46. The lowest BCUT2D eigenvalue weighted by Gasteiger charge is -2.24. The summed E-state index contributed by atoms with van der Waals surface area (Å²) in [6.45, 7) is 6.60. The van der Waals surface area contributed by atoms with Crippen molar-refractivity contribution in [2.24, 2.45) is 11.7 Å². The standard InChI is InChI=1S/C10H22N2/c1-3-6-12-8-10(11)5-4-9(2)7-10/h9,12H,3-8,11H2,1-2H3. The van der Waals surface area contributed by atoms with Gasteiger partial charge in [0.15, 0.2) is 0 Å². The summed E-state index contributed by atoms with van der Waals surface area (Å²) in [4.78, 5) is 0. The minimum absolute atomic E-state index is 0.106. The van der Waals surface area contributed by atoms with Gasteiger partial charge in [-0.1, -0.05) is 13.8 Å². The largest absolute Gasteiger partial charge is 0.324 e. The average Bonchev–Trinajstić information content (AvgIpc) is 2.32. The van der Waals surface area contributed by atoms with Gasteiger partial charge in [0, 0.05) is 12.1 Å². The van der Waals surface area contributed by atoms with E-state index in [1.165, 1.54) is 25.7 Å². The van der Waals surface area contributed by atoms with Crippen molar-refractivity contribution in [3.63, 3.8) is 0 Å². The first-order valence-corrected chi connectivity index (χ1v) is 5.16.